The molecular formula is C16H21N3O3. The van der Waals surface area contributed by atoms with E-state index in [1.807, 2.05) is 41.3 Å². The minimum absolute atomic E-state index is 0.156. The Kier molecular flexibility index (Phi) is 8.31. The molecule has 0 bridgehead atoms. The molecule has 1 N–H and O–H groups in total. The summed E-state index contributed by atoms with van der Waals surface area (Å²) in [5.74, 6) is -0.459. The van der Waals surface area contributed by atoms with Crippen molar-refractivity contribution in [2.24, 2.45) is 0 Å². The van der Waals surface area contributed by atoms with Gasteiger partial charge in [-0.05, 0) is 5.56 Å². The van der Waals surface area contributed by atoms with Crippen molar-refractivity contribution in [3.05, 3.63) is 35.9 Å². The summed E-state index contributed by atoms with van der Waals surface area (Å²) in [7, 11) is 1.35. The quantitative estimate of drug-likeness (QED) is 0.545. The van der Waals surface area contributed by atoms with Gasteiger partial charge in [-0.3, -0.25) is 14.5 Å². The summed E-state index contributed by atoms with van der Waals surface area (Å²) in [6, 6.07) is 11.7. The summed E-state index contributed by atoms with van der Waals surface area (Å²) < 4.78 is 4.63. The zero-order valence-corrected chi connectivity index (χ0v) is 12.7. The number of nitrogens with one attached hydrogen (secondary N) is 1. The molecule has 0 fully saturated rings. The van der Waals surface area contributed by atoms with Gasteiger partial charge in [0, 0.05) is 19.6 Å². The van der Waals surface area contributed by atoms with E-state index >= 15 is 0 Å². The second kappa shape index (κ2) is 10.4. The Balaban J connectivity index is 2.55. The number of nitrogens with zero attached hydrogens (tertiary/aromatic N) is 2. The van der Waals surface area contributed by atoms with E-state index in [-0.39, 0.29) is 31.3 Å². The smallest absolute Gasteiger partial charge is 0.306 e. The van der Waals surface area contributed by atoms with Crippen LogP contribution in [-0.4, -0.2) is 43.5 Å². The number of esters is 1. The van der Waals surface area contributed by atoms with E-state index in [4.69, 9.17) is 5.26 Å². The first-order chi connectivity index (χ1) is 10.7. The lowest BCUT2D eigenvalue weighted by atomic mass is 10.2. The molecule has 1 amide bonds. The fraction of sp³-hybridized carbons (Fsp3) is 0.438. The van der Waals surface area contributed by atoms with Crippen LogP contribution in [0, 0.1) is 11.3 Å². The highest BCUT2D eigenvalue weighted by Crippen LogP contribution is 2.05. The molecule has 1 aromatic carbocycles. The van der Waals surface area contributed by atoms with E-state index in [1.54, 1.807) is 0 Å². The van der Waals surface area contributed by atoms with Crippen LogP contribution in [-0.2, 0) is 20.9 Å². The predicted molar refractivity (Wildman–Crippen MR) is 81.6 cm³/mol. The number of carbonyl (C=O) groups excluding carboxylic acids is 2. The molecule has 22 heavy (non-hydrogen) atoms. The van der Waals surface area contributed by atoms with E-state index in [1.165, 1.54) is 7.11 Å². The molecule has 118 valence electrons. The van der Waals surface area contributed by atoms with E-state index in [0.29, 0.717) is 19.6 Å². The largest absolute Gasteiger partial charge is 0.469 e. The second-order valence-electron chi connectivity index (χ2n) is 4.78. The zero-order valence-electron chi connectivity index (χ0n) is 12.7. The summed E-state index contributed by atoms with van der Waals surface area (Å²) in [5.41, 5.74) is 1.07. The highest BCUT2D eigenvalue weighted by atomic mass is 16.5. The third-order valence-corrected chi connectivity index (χ3v) is 3.04. The second-order valence-corrected chi connectivity index (χ2v) is 4.78. The lowest BCUT2D eigenvalue weighted by Crippen LogP contribution is -2.38. The number of hydrogen-bond acceptors (Lipinski definition) is 5. The Morgan fingerprint density at radius 3 is 2.68 bits per heavy atom. The van der Waals surface area contributed by atoms with Crippen LogP contribution in [0.2, 0.25) is 0 Å². The molecular weight excluding hydrogens is 282 g/mol. The first-order valence-electron chi connectivity index (χ1n) is 7.12. The summed E-state index contributed by atoms with van der Waals surface area (Å²) in [4.78, 5) is 25.0. The van der Waals surface area contributed by atoms with Crippen LogP contribution >= 0.6 is 0 Å². The van der Waals surface area contributed by atoms with Crippen molar-refractivity contribution in [3.8, 4) is 6.07 Å². The van der Waals surface area contributed by atoms with Crippen molar-refractivity contribution in [2.45, 2.75) is 19.4 Å². The number of amides is 1. The maximum Gasteiger partial charge on any atom is 0.306 e. The van der Waals surface area contributed by atoms with Crippen molar-refractivity contribution in [2.75, 3.05) is 26.7 Å². The number of methoxy groups -OCH3 is 1. The molecule has 0 aromatic heterocycles. The minimum atomic E-state index is -0.303. The number of rotatable bonds is 9. The average Bonchev–Trinajstić information content (AvgIpc) is 2.53. The molecule has 0 aliphatic rings. The van der Waals surface area contributed by atoms with Crippen molar-refractivity contribution in [1.29, 1.82) is 5.26 Å². The van der Waals surface area contributed by atoms with Crippen LogP contribution < -0.4 is 5.32 Å². The van der Waals surface area contributed by atoms with Gasteiger partial charge in [0.15, 0.2) is 0 Å². The molecule has 6 heteroatoms. The summed E-state index contributed by atoms with van der Waals surface area (Å²) in [5, 5.41) is 11.1. The monoisotopic (exact) mass is 303 g/mol. The average molecular weight is 303 g/mol. The van der Waals surface area contributed by atoms with Gasteiger partial charge >= 0.3 is 5.97 Å². The van der Waals surface area contributed by atoms with Gasteiger partial charge < -0.3 is 10.1 Å². The number of ether oxygens (including phenoxy) is 1. The third kappa shape index (κ3) is 7.41. The highest BCUT2D eigenvalue weighted by Gasteiger charge is 2.13. The number of carbonyl (C=O) groups is 2. The van der Waals surface area contributed by atoms with Crippen molar-refractivity contribution in [3.63, 3.8) is 0 Å². The van der Waals surface area contributed by atoms with Crippen molar-refractivity contribution >= 4 is 11.9 Å². The SMILES string of the molecule is COC(=O)CCN(CC(=O)NCCC#N)Cc1ccccc1. The molecule has 0 aliphatic carbocycles. The third-order valence-electron chi connectivity index (χ3n) is 3.04. The predicted octanol–water partition coefficient (Wildman–Crippen LogP) is 1.08. The van der Waals surface area contributed by atoms with Crippen LogP contribution in [0.15, 0.2) is 30.3 Å². The number of nitriles is 1. The van der Waals surface area contributed by atoms with Crippen LogP contribution in [0.4, 0.5) is 0 Å². The van der Waals surface area contributed by atoms with Gasteiger partial charge in [-0.1, -0.05) is 30.3 Å². The first-order valence-corrected chi connectivity index (χ1v) is 7.12. The van der Waals surface area contributed by atoms with Crippen LogP contribution in [0.3, 0.4) is 0 Å². The molecule has 1 aromatic rings. The van der Waals surface area contributed by atoms with Gasteiger partial charge in [0.25, 0.3) is 0 Å². The number of benzene rings is 1. The Labute approximate surface area is 130 Å². The molecule has 0 saturated carbocycles. The Morgan fingerprint density at radius 2 is 2.05 bits per heavy atom. The summed E-state index contributed by atoms with van der Waals surface area (Å²) >= 11 is 0. The minimum Gasteiger partial charge on any atom is -0.469 e. The standard InChI is InChI=1S/C16H21N3O3/c1-22-16(21)8-11-19(12-14-6-3-2-4-7-14)13-15(20)18-10-5-9-17/h2-4,6-7H,5,8,10-13H2,1H3,(H,18,20). The summed E-state index contributed by atoms with van der Waals surface area (Å²) in [6.07, 6.45) is 0.515. The topological polar surface area (TPSA) is 82.4 Å². The maximum absolute atomic E-state index is 11.9. The normalized spacial score (nSPS) is 10.0. The van der Waals surface area contributed by atoms with E-state index in [0.717, 1.165) is 5.56 Å². The molecule has 0 aliphatic heterocycles. The Bertz CT molecular complexity index is 511. The van der Waals surface area contributed by atoms with Gasteiger partial charge in [-0.25, -0.2) is 0 Å². The van der Waals surface area contributed by atoms with Gasteiger partial charge in [0.2, 0.25) is 5.91 Å². The fourth-order valence-electron chi connectivity index (χ4n) is 1.92. The van der Waals surface area contributed by atoms with Crippen LogP contribution in [0.5, 0.6) is 0 Å². The van der Waals surface area contributed by atoms with E-state index in [9.17, 15) is 9.59 Å². The van der Waals surface area contributed by atoms with Crippen LogP contribution in [0.1, 0.15) is 18.4 Å². The molecule has 0 heterocycles. The Hall–Kier alpha value is -2.39. The molecule has 1 rings (SSSR count). The molecule has 6 nitrogen and oxygen atoms in total. The lowest BCUT2D eigenvalue weighted by molar-refractivity contribution is -0.141. The summed E-state index contributed by atoms with van der Waals surface area (Å²) in [6.45, 7) is 1.53. The number of hydrogen-bond donors (Lipinski definition) is 1. The zero-order chi connectivity index (χ0) is 16.2. The molecule has 0 atom stereocenters. The van der Waals surface area contributed by atoms with Gasteiger partial charge in [0.05, 0.1) is 32.6 Å². The van der Waals surface area contributed by atoms with Gasteiger partial charge in [0.1, 0.15) is 0 Å². The lowest BCUT2D eigenvalue weighted by Gasteiger charge is -2.21. The maximum atomic E-state index is 11.9. The molecule has 0 spiro atoms. The molecule has 0 saturated heterocycles. The van der Waals surface area contributed by atoms with Crippen molar-refractivity contribution in [1.82, 2.24) is 10.2 Å². The molecule has 0 radical (unpaired) electrons. The van der Waals surface area contributed by atoms with Crippen LogP contribution in [0.25, 0.3) is 0 Å². The molecule has 0 unspecified atom stereocenters. The Morgan fingerprint density at radius 1 is 1.32 bits per heavy atom. The van der Waals surface area contributed by atoms with Gasteiger partial charge in [-0.15, -0.1) is 0 Å². The highest BCUT2D eigenvalue weighted by molar-refractivity contribution is 5.78. The van der Waals surface area contributed by atoms with Crippen molar-refractivity contribution < 1.29 is 14.3 Å². The fourth-order valence-corrected chi connectivity index (χ4v) is 1.92. The van der Waals surface area contributed by atoms with E-state index < -0.39 is 0 Å². The first kappa shape index (κ1) is 17.7. The van der Waals surface area contributed by atoms with E-state index in [2.05, 4.69) is 10.1 Å². The van der Waals surface area contributed by atoms with Gasteiger partial charge in [-0.2, -0.15) is 5.26 Å².